The smallest absolute Gasteiger partial charge is 0.000993 e. The van der Waals surface area contributed by atoms with Crippen LogP contribution < -0.4 is 0 Å². The summed E-state index contributed by atoms with van der Waals surface area (Å²) in [6.07, 6.45) is 14.6. The van der Waals surface area contributed by atoms with Gasteiger partial charge in [0.05, 0.1) is 0 Å². The summed E-state index contributed by atoms with van der Waals surface area (Å²) < 4.78 is 0. The zero-order valence-electron chi connectivity index (χ0n) is 10.8. The second kappa shape index (κ2) is 3.60. The Hall–Kier alpha value is -0.780. The summed E-state index contributed by atoms with van der Waals surface area (Å²) in [5.74, 6) is 2.87. The third-order valence-electron chi connectivity index (χ3n) is 5.54. The molecule has 0 aromatic rings. The van der Waals surface area contributed by atoms with Gasteiger partial charge in [0.15, 0.2) is 0 Å². The number of rotatable bonds is 0. The second-order valence-corrected chi connectivity index (χ2v) is 6.41. The van der Waals surface area contributed by atoms with Gasteiger partial charge in [0.25, 0.3) is 0 Å². The van der Waals surface area contributed by atoms with Gasteiger partial charge in [-0.15, -0.1) is 0 Å². The van der Waals surface area contributed by atoms with E-state index >= 15 is 0 Å². The summed E-state index contributed by atoms with van der Waals surface area (Å²) in [5, 5.41) is 0. The Labute approximate surface area is 104 Å². The topological polar surface area (TPSA) is 0 Å². The lowest BCUT2D eigenvalue weighted by Gasteiger charge is -2.26. The lowest BCUT2D eigenvalue weighted by Crippen LogP contribution is -2.12. The first-order chi connectivity index (χ1) is 8.34. The van der Waals surface area contributed by atoms with Gasteiger partial charge in [0.1, 0.15) is 0 Å². The molecule has 0 nitrogen and oxygen atoms in total. The van der Waals surface area contributed by atoms with E-state index in [9.17, 15) is 0 Å². The molecule has 4 rings (SSSR count). The highest BCUT2D eigenvalue weighted by Gasteiger charge is 2.45. The molecule has 4 aliphatic carbocycles. The van der Waals surface area contributed by atoms with Crippen molar-refractivity contribution in [3.05, 3.63) is 34.4 Å². The maximum absolute atomic E-state index is 2.50. The molecular weight excluding hydrogens is 204 g/mol. The van der Waals surface area contributed by atoms with Crippen LogP contribution in [0.4, 0.5) is 0 Å². The summed E-state index contributed by atoms with van der Waals surface area (Å²) in [6.45, 7) is 2.50. The van der Waals surface area contributed by atoms with Crippen molar-refractivity contribution in [3.8, 4) is 0 Å². The molecule has 3 unspecified atom stereocenters. The maximum Gasteiger partial charge on any atom is -0.000993 e. The van der Waals surface area contributed by atoms with E-state index in [1.54, 1.807) is 11.1 Å². The molecule has 0 aromatic carbocycles. The number of fused-ring (bicyclic) bond motifs is 2. The van der Waals surface area contributed by atoms with Crippen molar-refractivity contribution < 1.29 is 0 Å². The molecule has 0 aliphatic heterocycles. The molecule has 0 N–H and O–H groups in total. The highest BCUT2D eigenvalue weighted by Crippen LogP contribution is 2.57. The third-order valence-corrected chi connectivity index (χ3v) is 5.54. The standard InChI is InChI=1S/C17H22/c1-11-15-5-3-2-4-12(15)6-7-13-8-9-14-10-16(14)17(11)13/h2,4,11,14,16H,3,5-10H2,1H3. The van der Waals surface area contributed by atoms with E-state index in [0.717, 1.165) is 17.8 Å². The van der Waals surface area contributed by atoms with Gasteiger partial charge in [-0.25, -0.2) is 0 Å². The van der Waals surface area contributed by atoms with Crippen LogP contribution in [0.15, 0.2) is 34.4 Å². The SMILES string of the molecule is CC1C2=C(C=CCC2)CCC2=C1C1CC1CC2. The fraction of sp³-hybridized carbons (Fsp3) is 0.647. The normalized spacial score (nSPS) is 39.5. The van der Waals surface area contributed by atoms with Crippen LogP contribution in [0.2, 0.25) is 0 Å². The van der Waals surface area contributed by atoms with E-state index in [4.69, 9.17) is 0 Å². The van der Waals surface area contributed by atoms with Crippen molar-refractivity contribution in [2.45, 2.75) is 51.9 Å². The summed E-state index contributed by atoms with van der Waals surface area (Å²) in [6, 6.07) is 0. The van der Waals surface area contributed by atoms with Crippen LogP contribution in [0.3, 0.4) is 0 Å². The van der Waals surface area contributed by atoms with Crippen LogP contribution in [0, 0.1) is 17.8 Å². The first-order valence-corrected chi connectivity index (χ1v) is 7.45. The summed E-state index contributed by atoms with van der Waals surface area (Å²) in [7, 11) is 0. The molecule has 1 fully saturated rings. The van der Waals surface area contributed by atoms with Gasteiger partial charge >= 0.3 is 0 Å². The Morgan fingerprint density at radius 2 is 2.06 bits per heavy atom. The van der Waals surface area contributed by atoms with Gasteiger partial charge in [-0.1, -0.05) is 35.8 Å². The Bertz CT molecular complexity index is 447. The molecule has 0 heterocycles. The summed E-state index contributed by atoms with van der Waals surface area (Å²) in [4.78, 5) is 0. The Morgan fingerprint density at radius 1 is 1.12 bits per heavy atom. The van der Waals surface area contributed by atoms with E-state index < -0.39 is 0 Å². The average Bonchev–Trinajstić information content (AvgIpc) is 3.14. The number of allylic oxidation sites excluding steroid dienone is 6. The predicted molar refractivity (Wildman–Crippen MR) is 71.7 cm³/mol. The lowest BCUT2D eigenvalue weighted by molar-refractivity contribution is 0.571. The van der Waals surface area contributed by atoms with Crippen molar-refractivity contribution in [2.75, 3.05) is 0 Å². The van der Waals surface area contributed by atoms with E-state index in [2.05, 4.69) is 19.1 Å². The summed E-state index contributed by atoms with van der Waals surface area (Å²) >= 11 is 0. The Kier molecular flexibility index (Phi) is 2.16. The minimum Gasteiger partial charge on any atom is -0.0839 e. The van der Waals surface area contributed by atoms with Crippen LogP contribution in [-0.4, -0.2) is 0 Å². The molecule has 0 heteroatoms. The molecule has 4 aliphatic rings. The van der Waals surface area contributed by atoms with Crippen LogP contribution >= 0.6 is 0 Å². The quantitative estimate of drug-likeness (QED) is 0.521. The molecule has 0 radical (unpaired) electrons. The van der Waals surface area contributed by atoms with Crippen molar-refractivity contribution in [2.24, 2.45) is 17.8 Å². The summed E-state index contributed by atoms with van der Waals surface area (Å²) in [5.41, 5.74) is 7.25. The molecule has 0 saturated heterocycles. The highest BCUT2D eigenvalue weighted by molar-refractivity contribution is 5.42. The lowest BCUT2D eigenvalue weighted by atomic mass is 9.79. The van der Waals surface area contributed by atoms with Crippen LogP contribution in [0.5, 0.6) is 0 Å². The van der Waals surface area contributed by atoms with Gasteiger partial charge in [0, 0.05) is 0 Å². The van der Waals surface area contributed by atoms with Crippen molar-refractivity contribution in [1.29, 1.82) is 0 Å². The molecule has 0 aromatic heterocycles. The first-order valence-electron chi connectivity index (χ1n) is 7.45. The monoisotopic (exact) mass is 226 g/mol. The zero-order valence-corrected chi connectivity index (χ0v) is 10.8. The van der Waals surface area contributed by atoms with Gasteiger partial charge < -0.3 is 0 Å². The molecule has 3 atom stereocenters. The highest BCUT2D eigenvalue weighted by atomic mass is 14.5. The Morgan fingerprint density at radius 3 is 3.00 bits per heavy atom. The molecule has 90 valence electrons. The van der Waals surface area contributed by atoms with Gasteiger partial charge in [0.2, 0.25) is 0 Å². The van der Waals surface area contributed by atoms with E-state index in [1.165, 1.54) is 44.9 Å². The number of hydrogen-bond acceptors (Lipinski definition) is 0. The zero-order chi connectivity index (χ0) is 11.4. The number of hydrogen-bond donors (Lipinski definition) is 0. The molecule has 0 amide bonds. The average molecular weight is 226 g/mol. The van der Waals surface area contributed by atoms with Crippen molar-refractivity contribution in [3.63, 3.8) is 0 Å². The maximum atomic E-state index is 2.50. The fourth-order valence-corrected chi connectivity index (χ4v) is 4.55. The molecule has 0 bridgehead atoms. The predicted octanol–water partition coefficient (Wildman–Crippen LogP) is 4.79. The Balaban J connectivity index is 1.77. The van der Waals surface area contributed by atoms with Crippen LogP contribution in [0.25, 0.3) is 0 Å². The minimum absolute atomic E-state index is 0.780. The second-order valence-electron chi connectivity index (χ2n) is 6.41. The minimum atomic E-state index is 0.780. The van der Waals surface area contributed by atoms with Gasteiger partial charge in [-0.2, -0.15) is 0 Å². The van der Waals surface area contributed by atoms with E-state index in [-0.39, 0.29) is 0 Å². The third kappa shape index (κ3) is 1.49. The van der Waals surface area contributed by atoms with Crippen LogP contribution in [0.1, 0.15) is 51.9 Å². The molecular formula is C17H22. The van der Waals surface area contributed by atoms with E-state index in [1.807, 2.05) is 11.1 Å². The molecule has 17 heavy (non-hydrogen) atoms. The van der Waals surface area contributed by atoms with Crippen molar-refractivity contribution in [1.82, 2.24) is 0 Å². The largest absolute Gasteiger partial charge is 0.0839 e. The first kappa shape index (κ1) is 10.2. The van der Waals surface area contributed by atoms with Gasteiger partial charge in [-0.05, 0) is 68.3 Å². The molecule has 0 spiro atoms. The van der Waals surface area contributed by atoms with Crippen LogP contribution in [-0.2, 0) is 0 Å². The fourth-order valence-electron chi connectivity index (χ4n) is 4.55. The van der Waals surface area contributed by atoms with Gasteiger partial charge in [-0.3, -0.25) is 0 Å². The molecule has 1 saturated carbocycles. The van der Waals surface area contributed by atoms with E-state index in [0.29, 0.717) is 0 Å². The van der Waals surface area contributed by atoms with Crippen molar-refractivity contribution >= 4 is 0 Å².